The highest BCUT2D eigenvalue weighted by Crippen LogP contribution is 2.31. The molecule has 0 atom stereocenters. The first-order valence-electron chi connectivity index (χ1n) is 12.3. The second kappa shape index (κ2) is 9.03. The third-order valence-electron chi connectivity index (χ3n) is 6.93. The van der Waals surface area contributed by atoms with E-state index in [4.69, 9.17) is 5.73 Å². The number of nitrogen functional groups attached to an aromatic ring is 1. The van der Waals surface area contributed by atoms with Gasteiger partial charge in [0.1, 0.15) is 5.82 Å². The van der Waals surface area contributed by atoms with Gasteiger partial charge in [-0.25, -0.2) is 4.98 Å². The number of piperazine rings is 1. The molecule has 8 heteroatoms. The fourth-order valence-corrected chi connectivity index (χ4v) is 4.68. The molecule has 2 heterocycles. The average molecular weight is 481 g/mol. The zero-order chi connectivity index (χ0) is 24.6. The van der Waals surface area contributed by atoms with E-state index in [9.17, 15) is 9.59 Å². The predicted molar refractivity (Wildman–Crippen MR) is 142 cm³/mol. The van der Waals surface area contributed by atoms with Crippen molar-refractivity contribution in [1.82, 2.24) is 14.9 Å². The number of anilines is 3. The van der Waals surface area contributed by atoms with Crippen molar-refractivity contribution in [3.63, 3.8) is 0 Å². The van der Waals surface area contributed by atoms with Crippen LogP contribution >= 0.6 is 0 Å². The second-order valence-electron chi connectivity index (χ2n) is 9.53. The first-order chi connectivity index (χ1) is 17.5. The summed E-state index contributed by atoms with van der Waals surface area (Å²) in [7, 11) is 0. The Hall–Kier alpha value is -4.33. The number of nitrogens with zero attached hydrogens (tertiary/aromatic N) is 3. The predicted octanol–water partition coefficient (Wildman–Crippen LogP) is 4.12. The van der Waals surface area contributed by atoms with Crippen molar-refractivity contribution < 1.29 is 9.59 Å². The number of hydrogen-bond donors (Lipinski definition) is 3. The molecule has 1 aliphatic heterocycles. The number of fused-ring (bicyclic) bond motifs is 1. The summed E-state index contributed by atoms with van der Waals surface area (Å²) in [4.78, 5) is 37.2. The summed E-state index contributed by atoms with van der Waals surface area (Å²) in [5.41, 5.74) is 11.6. The Bertz CT molecular complexity index is 1410. The number of amides is 2. The number of hydrogen-bond acceptors (Lipinski definition) is 5. The Morgan fingerprint density at radius 2 is 1.64 bits per heavy atom. The third-order valence-corrected chi connectivity index (χ3v) is 6.93. The second-order valence-corrected chi connectivity index (χ2v) is 9.53. The summed E-state index contributed by atoms with van der Waals surface area (Å²) >= 11 is 0. The minimum Gasteiger partial charge on any atom is -0.399 e. The number of rotatable bonds is 5. The summed E-state index contributed by atoms with van der Waals surface area (Å²) in [6, 6.07) is 20.8. The van der Waals surface area contributed by atoms with Crippen LogP contribution in [0.1, 0.15) is 23.2 Å². The largest absolute Gasteiger partial charge is 0.399 e. The minimum absolute atomic E-state index is 0.168. The summed E-state index contributed by atoms with van der Waals surface area (Å²) in [6.07, 6.45) is 2.10. The van der Waals surface area contributed by atoms with Crippen LogP contribution in [0.3, 0.4) is 0 Å². The van der Waals surface area contributed by atoms with E-state index in [1.165, 1.54) is 0 Å². The molecule has 36 heavy (non-hydrogen) atoms. The van der Waals surface area contributed by atoms with Gasteiger partial charge in [0.05, 0.1) is 11.0 Å². The Kier molecular flexibility index (Phi) is 5.56. The van der Waals surface area contributed by atoms with Crippen molar-refractivity contribution in [2.24, 2.45) is 5.92 Å². The molecule has 4 N–H and O–H groups in total. The van der Waals surface area contributed by atoms with Crippen LogP contribution in [-0.4, -0.2) is 52.9 Å². The van der Waals surface area contributed by atoms with Gasteiger partial charge in [-0.3, -0.25) is 9.59 Å². The summed E-state index contributed by atoms with van der Waals surface area (Å²) in [5.74, 6) is 1.17. The lowest BCUT2D eigenvalue weighted by Crippen LogP contribution is -2.49. The lowest BCUT2D eigenvalue weighted by molar-refractivity contribution is -0.132. The minimum atomic E-state index is -0.168. The van der Waals surface area contributed by atoms with Crippen molar-refractivity contribution in [3.05, 3.63) is 72.3 Å². The number of H-pyrrole nitrogens is 1. The standard InChI is InChI=1S/C28H28N6O2/c29-21-7-12-24-25(17-21)32-26(31-24)18-1-3-19(4-2-18)27(35)30-22-8-10-23(11-9-22)33-13-15-34(16-14-33)28(36)20-5-6-20/h1-4,7-12,17,20H,5-6,13-16,29H2,(H,30,35)(H,31,32). The molecule has 2 aliphatic rings. The number of aromatic amines is 1. The number of imidazole rings is 1. The maximum Gasteiger partial charge on any atom is 0.255 e. The fourth-order valence-electron chi connectivity index (χ4n) is 4.68. The van der Waals surface area contributed by atoms with Crippen molar-refractivity contribution in [1.29, 1.82) is 0 Å². The molecule has 0 unspecified atom stereocenters. The Labute approximate surface area is 209 Å². The highest BCUT2D eigenvalue weighted by Gasteiger charge is 2.34. The summed E-state index contributed by atoms with van der Waals surface area (Å²) in [6.45, 7) is 3.20. The smallest absolute Gasteiger partial charge is 0.255 e. The van der Waals surface area contributed by atoms with Crippen LogP contribution in [0.15, 0.2) is 66.7 Å². The highest BCUT2D eigenvalue weighted by molar-refractivity contribution is 6.04. The summed E-state index contributed by atoms with van der Waals surface area (Å²) < 4.78 is 0. The van der Waals surface area contributed by atoms with E-state index in [0.29, 0.717) is 17.2 Å². The first-order valence-corrected chi connectivity index (χ1v) is 12.3. The molecule has 2 fully saturated rings. The van der Waals surface area contributed by atoms with E-state index >= 15 is 0 Å². The zero-order valence-corrected chi connectivity index (χ0v) is 19.9. The van der Waals surface area contributed by atoms with Gasteiger partial charge in [-0.05, 0) is 67.4 Å². The first kappa shape index (κ1) is 22.2. The van der Waals surface area contributed by atoms with Gasteiger partial charge in [-0.1, -0.05) is 12.1 Å². The Morgan fingerprint density at radius 3 is 2.33 bits per heavy atom. The van der Waals surface area contributed by atoms with E-state index in [0.717, 1.165) is 72.8 Å². The number of carbonyl (C=O) groups excluding carboxylic acids is 2. The molecule has 6 rings (SSSR count). The van der Waals surface area contributed by atoms with Crippen LogP contribution in [0.4, 0.5) is 17.1 Å². The van der Waals surface area contributed by atoms with Gasteiger partial charge in [-0.15, -0.1) is 0 Å². The third kappa shape index (κ3) is 4.49. The monoisotopic (exact) mass is 480 g/mol. The quantitative estimate of drug-likeness (QED) is 0.373. The SMILES string of the molecule is Nc1ccc2nc(-c3ccc(C(=O)Nc4ccc(N5CCN(C(=O)C6CC6)CC5)cc4)cc3)[nH]c2c1. The fraction of sp³-hybridized carbons (Fsp3) is 0.250. The maximum absolute atomic E-state index is 12.8. The maximum atomic E-state index is 12.8. The van der Waals surface area contributed by atoms with Crippen LogP contribution in [0.5, 0.6) is 0 Å². The normalized spacial score (nSPS) is 15.8. The van der Waals surface area contributed by atoms with Gasteiger partial charge < -0.3 is 25.8 Å². The van der Waals surface area contributed by atoms with Crippen molar-refractivity contribution in [2.75, 3.05) is 42.1 Å². The number of benzene rings is 3. The molecule has 3 aromatic carbocycles. The van der Waals surface area contributed by atoms with Gasteiger partial charge in [-0.2, -0.15) is 0 Å². The zero-order valence-electron chi connectivity index (χ0n) is 19.9. The van der Waals surface area contributed by atoms with E-state index in [1.807, 2.05) is 59.5 Å². The molecular formula is C28H28N6O2. The van der Waals surface area contributed by atoms with E-state index in [2.05, 4.69) is 20.2 Å². The van der Waals surface area contributed by atoms with Crippen LogP contribution in [-0.2, 0) is 4.79 Å². The molecule has 1 aliphatic carbocycles. The molecule has 1 saturated heterocycles. The van der Waals surface area contributed by atoms with Crippen LogP contribution in [0.25, 0.3) is 22.4 Å². The van der Waals surface area contributed by atoms with Crippen LogP contribution in [0.2, 0.25) is 0 Å². The van der Waals surface area contributed by atoms with Gasteiger partial charge in [0.25, 0.3) is 5.91 Å². The lowest BCUT2D eigenvalue weighted by atomic mass is 10.1. The molecule has 2 amide bonds. The molecule has 0 spiro atoms. The molecule has 0 bridgehead atoms. The van der Waals surface area contributed by atoms with Gasteiger partial charge >= 0.3 is 0 Å². The highest BCUT2D eigenvalue weighted by atomic mass is 16.2. The summed E-state index contributed by atoms with van der Waals surface area (Å²) in [5, 5.41) is 2.97. The topological polar surface area (TPSA) is 107 Å². The Balaban J connectivity index is 1.07. The van der Waals surface area contributed by atoms with Crippen molar-refractivity contribution in [2.45, 2.75) is 12.8 Å². The molecule has 182 valence electrons. The van der Waals surface area contributed by atoms with Gasteiger partial charge in [0.15, 0.2) is 0 Å². The number of aromatic nitrogens is 2. The Morgan fingerprint density at radius 1 is 0.917 bits per heavy atom. The molecule has 4 aromatic rings. The van der Waals surface area contributed by atoms with Gasteiger partial charge in [0.2, 0.25) is 5.91 Å². The van der Waals surface area contributed by atoms with Crippen molar-refractivity contribution >= 4 is 39.9 Å². The molecular weight excluding hydrogens is 452 g/mol. The number of carbonyl (C=O) groups is 2. The van der Waals surface area contributed by atoms with Crippen LogP contribution in [0, 0.1) is 5.92 Å². The van der Waals surface area contributed by atoms with E-state index in [1.54, 1.807) is 12.1 Å². The van der Waals surface area contributed by atoms with E-state index < -0.39 is 0 Å². The van der Waals surface area contributed by atoms with Gasteiger partial charge in [0, 0.05) is 60.3 Å². The number of nitrogens with one attached hydrogen (secondary N) is 2. The average Bonchev–Trinajstić information content (AvgIpc) is 3.68. The van der Waals surface area contributed by atoms with Crippen molar-refractivity contribution in [3.8, 4) is 11.4 Å². The van der Waals surface area contributed by atoms with Crippen LogP contribution < -0.4 is 16.0 Å². The molecule has 1 saturated carbocycles. The number of nitrogens with two attached hydrogens (primary N) is 1. The molecule has 1 aromatic heterocycles. The molecule has 0 radical (unpaired) electrons. The van der Waals surface area contributed by atoms with E-state index in [-0.39, 0.29) is 11.8 Å². The molecule has 8 nitrogen and oxygen atoms in total. The lowest BCUT2D eigenvalue weighted by Gasteiger charge is -2.36.